The predicted molar refractivity (Wildman–Crippen MR) is 87.4 cm³/mol. The summed E-state index contributed by atoms with van der Waals surface area (Å²) in [7, 11) is 0.474. The molecule has 0 spiro atoms. The molecule has 2 rings (SSSR count). The Morgan fingerprint density at radius 1 is 0.727 bits per heavy atom. The maximum absolute atomic E-state index is 2.28. The minimum Gasteiger partial charge on any atom is -1.00 e. The molecule has 22 heavy (non-hydrogen) atoms. The van der Waals surface area contributed by atoms with E-state index in [2.05, 4.69) is 67.6 Å². The van der Waals surface area contributed by atoms with E-state index < -0.39 is 0 Å². The van der Waals surface area contributed by atoms with Crippen molar-refractivity contribution in [2.45, 2.75) is 31.3 Å². The van der Waals surface area contributed by atoms with Crippen LogP contribution in [-0.2, 0) is 50.1 Å². The Balaban J connectivity index is 0. The quantitative estimate of drug-likeness (QED) is 0.192. The first-order chi connectivity index (χ1) is 9.38. The maximum Gasteiger partial charge on any atom is 2.00 e. The monoisotopic (exact) mass is 727 g/mol. The molecule has 0 unspecified atom stereocenters. The molecule has 0 aliphatic carbocycles. The predicted octanol–water partition coefficient (Wildman–Crippen LogP) is -1.19. The van der Waals surface area contributed by atoms with Crippen molar-refractivity contribution in [3.63, 3.8) is 0 Å². The zero-order chi connectivity index (χ0) is 13.3. The SMILES string of the molecule is CCCC[S+](Cc1ccccc1)Cc1ccccc1.[Hg+2].[I-].[I-]. The molecule has 116 valence electrons. The molecular weight excluding hydrogens is 703 g/mol. The van der Waals surface area contributed by atoms with Gasteiger partial charge in [-0.25, -0.2) is 0 Å². The van der Waals surface area contributed by atoms with Crippen molar-refractivity contribution in [1.82, 2.24) is 0 Å². The first kappa shape index (κ1) is 25.4. The molecule has 0 nitrogen and oxygen atoms in total. The summed E-state index contributed by atoms with van der Waals surface area (Å²) in [5.74, 6) is 3.83. The number of halogens is 2. The van der Waals surface area contributed by atoms with Gasteiger partial charge in [0.05, 0.1) is 0 Å². The molecular formula is C18H23HgI2S+. The van der Waals surface area contributed by atoms with Crippen molar-refractivity contribution in [1.29, 1.82) is 0 Å². The van der Waals surface area contributed by atoms with Gasteiger partial charge in [0.2, 0.25) is 0 Å². The Hall–Kier alpha value is 1.19. The Morgan fingerprint density at radius 2 is 1.14 bits per heavy atom. The summed E-state index contributed by atoms with van der Waals surface area (Å²) in [6, 6.07) is 21.9. The van der Waals surface area contributed by atoms with Gasteiger partial charge >= 0.3 is 27.7 Å². The van der Waals surface area contributed by atoms with Crippen LogP contribution in [0.2, 0.25) is 0 Å². The molecule has 0 heterocycles. The third-order valence-electron chi connectivity index (χ3n) is 3.21. The van der Waals surface area contributed by atoms with Gasteiger partial charge in [0.25, 0.3) is 0 Å². The second-order valence-corrected chi connectivity index (χ2v) is 7.14. The molecule has 0 N–H and O–H groups in total. The molecule has 0 aliphatic heterocycles. The van der Waals surface area contributed by atoms with Crippen LogP contribution >= 0.6 is 0 Å². The fraction of sp³-hybridized carbons (Fsp3) is 0.333. The van der Waals surface area contributed by atoms with E-state index in [1.54, 1.807) is 0 Å². The van der Waals surface area contributed by atoms with Crippen LogP contribution in [-0.4, -0.2) is 5.75 Å². The van der Waals surface area contributed by atoms with Gasteiger partial charge in [0, 0.05) is 11.1 Å². The van der Waals surface area contributed by atoms with Crippen LogP contribution in [0.4, 0.5) is 0 Å². The summed E-state index contributed by atoms with van der Waals surface area (Å²) >= 11 is 0. The van der Waals surface area contributed by atoms with Crippen LogP contribution < -0.4 is 48.0 Å². The van der Waals surface area contributed by atoms with Crippen molar-refractivity contribution >= 4 is 10.9 Å². The molecule has 0 radical (unpaired) electrons. The second-order valence-electron chi connectivity index (χ2n) is 4.93. The molecule has 0 saturated heterocycles. The third-order valence-corrected chi connectivity index (χ3v) is 5.56. The van der Waals surface area contributed by atoms with E-state index in [1.165, 1.54) is 41.2 Å². The van der Waals surface area contributed by atoms with E-state index in [1.807, 2.05) is 0 Å². The number of hydrogen-bond donors (Lipinski definition) is 0. The third kappa shape index (κ3) is 10.1. The number of benzene rings is 2. The van der Waals surface area contributed by atoms with Gasteiger partial charge in [-0.3, -0.25) is 0 Å². The van der Waals surface area contributed by atoms with E-state index in [4.69, 9.17) is 0 Å². The molecule has 0 bridgehead atoms. The van der Waals surface area contributed by atoms with Crippen LogP contribution in [0.5, 0.6) is 0 Å². The van der Waals surface area contributed by atoms with Gasteiger partial charge in [-0.2, -0.15) is 0 Å². The first-order valence-electron chi connectivity index (χ1n) is 7.10. The number of unbranched alkanes of at least 4 members (excludes halogenated alkanes) is 1. The van der Waals surface area contributed by atoms with Crippen molar-refractivity contribution in [2.75, 3.05) is 5.75 Å². The molecule has 0 amide bonds. The average Bonchev–Trinajstić information content (AvgIpc) is 2.47. The topological polar surface area (TPSA) is 0 Å². The largest absolute Gasteiger partial charge is 2.00 e. The summed E-state index contributed by atoms with van der Waals surface area (Å²) in [5.41, 5.74) is 2.97. The molecule has 4 heteroatoms. The van der Waals surface area contributed by atoms with Crippen molar-refractivity contribution < 1.29 is 75.6 Å². The smallest absolute Gasteiger partial charge is 1.00 e. The van der Waals surface area contributed by atoms with Crippen LogP contribution in [0.25, 0.3) is 0 Å². The minimum atomic E-state index is 0. The molecule has 0 saturated carbocycles. The van der Waals surface area contributed by atoms with Gasteiger partial charge in [-0.1, -0.05) is 74.0 Å². The molecule has 0 aliphatic rings. The summed E-state index contributed by atoms with van der Waals surface area (Å²) in [4.78, 5) is 0. The van der Waals surface area contributed by atoms with Crippen LogP contribution in [0.15, 0.2) is 60.7 Å². The summed E-state index contributed by atoms with van der Waals surface area (Å²) in [5, 5.41) is 0. The summed E-state index contributed by atoms with van der Waals surface area (Å²) < 4.78 is 0. The Labute approximate surface area is 193 Å². The van der Waals surface area contributed by atoms with Crippen LogP contribution in [0.3, 0.4) is 0 Å². The molecule has 2 aromatic rings. The Bertz CT molecular complexity index is 424. The van der Waals surface area contributed by atoms with Crippen molar-refractivity contribution in [2.24, 2.45) is 0 Å². The van der Waals surface area contributed by atoms with E-state index >= 15 is 0 Å². The molecule has 0 atom stereocenters. The fourth-order valence-electron chi connectivity index (χ4n) is 2.16. The van der Waals surface area contributed by atoms with Gasteiger partial charge < -0.3 is 48.0 Å². The first-order valence-corrected chi connectivity index (χ1v) is 8.83. The number of hydrogen-bond acceptors (Lipinski definition) is 0. The van der Waals surface area contributed by atoms with E-state index in [9.17, 15) is 0 Å². The molecule has 0 fully saturated rings. The maximum atomic E-state index is 2.28. The van der Waals surface area contributed by atoms with Gasteiger partial charge in [0.15, 0.2) is 0 Å². The van der Waals surface area contributed by atoms with E-state index in [0.29, 0.717) is 10.9 Å². The van der Waals surface area contributed by atoms with Crippen LogP contribution in [0.1, 0.15) is 30.9 Å². The molecule has 2 aromatic carbocycles. The Morgan fingerprint density at radius 3 is 1.50 bits per heavy atom. The standard InChI is InChI=1S/C18H23S.Hg.2HI/c1-2-3-14-19(15-17-10-6-4-7-11-17)16-18-12-8-5-9-13-18;;;/h4-13H,2-3,14-16H2,1H3;;2*1H/q+1;+2;;/p-2. The fourth-order valence-corrected chi connectivity index (χ4v) is 4.58. The number of rotatable bonds is 7. The van der Waals surface area contributed by atoms with Gasteiger partial charge in [0.1, 0.15) is 17.3 Å². The molecule has 0 aromatic heterocycles. The van der Waals surface area contributed by atoms with Crippen molar-refractivity contribution in [3.05, 3.63) is 71.8 Å². The van der Waals surface area contributed by atoms with E-state index in [-0.39, 0.29) is 75.6 Å². The average molecular weight is 726 g/mol. The van der Waals surface area contributed by atoms with Gasteiger partial charge in [-0.05, 0) is 17.3 Å². The minimum absolute atomic E-state index is 0. The van der Waals surface area contributed by atoms with Crippen LogP contribution in [0, 0.1) is 0 Å². The second kappa shape index (κ2) is 15.7. The van der Waals surface area contributed by atoms with Gasteiger partial charge in [-0.15, -0.1) is 0 Å². The summed E-state index contributed by atoms with van der Waals surface area (Å²) in [6.45, 7) is 2.28. The van der Waals surface area contributed by atoms with Crippen molar-refractivity contribution in [3.8, 4) is 0 Å². The van der Waals surface area contributed by atoms with E-state index in [0.717, 1.165) is 0 Å². The Kier molecular flexibility index (Phi) is 18.1. The zero-order valence-electron chi connectivity index (χ0n) is 13.2. The summed E-state index contributed by atoms with van der Waals surface area (Å²) in [6.07, 6.45) is 2.65. The zero-order valence-corrected chi connectivity index (χ0v) is 23.8. The normalized spacial score (nSPS) is 9.36.